The van der Waals surface area contributed by atoms with Crippen molar-refractivity contribution in [2.24, 2.45) is 15.9 Å². The summed E-state index contributed by atoms with van der Waals surface area (Å²) in [6.07, 6.45) is 1.59. The van der Waals surface area contributed by atoms with Crippen LogP contribution in [0, 0.1) is 0 Å². The average molecular weight is 257 g/mol. The van der Waals surface area contributed by atoms with Crippen LogP contribution in [0.4, 0.5) is 11.4 Å². The molecule has 0 atom stereocenters. The number of nitrogens with one attached hydrogen (secondary N) is 1. The van der Waals surface area contributed by atoms with Gasteiger partial charge in [-0.15, -0.1) is 5.10 Å². The molecule has 1 aromatic rings. The summed E-state index contributed by atoms with van der Waals surface area (Å²) in [5.41, 5.74) is 7.78. The minimum absolute atomic E-state index is 0.126. The molecule has 6 nitrogen and oxygen atoms in total. The van der Waals surface area contributed by atoms with Gasteiger partial charge < -0.3 is 11.1 Å². The van der Waals surface area contributed by atoms with Gasteiger partial charge in [-0.3, -0.25) is 9.69 Å². The standard InChI is InChI=1S/C13H15N5O/c1-9(14)7-12(17-15-2)18-11-6-4-3-5-10(11)16-8-13(18)19/h3-7,16H,2,8,14H2,1H3. The Labute approximate surface area is 111 Å². The summed E-state index contributed by atoms with van der Waals surface area (Å²) >= 11 is 0. The number of rotatable bonds is 2. The van der Waals surface area contributed by atoms with Gasteiger partial charge in [0.25, 0.3) is 5.91 Å². The minimum Gasteiger partial charge on any atom is -0.402 e. The third-order valence-corrected chi connectivity index (χ3v) is 2.58. The van der Waals surface area contributed by atoms with E-state index in [1.807, 2.05) is 24.3 Å². The molecule has 0 spiro atoms. The molecule has 0 unspecified atom stereocenters. The maximum absolute atomic E-state index is 12.1. The predicted molar refractivity (Wildman–Crippen MR) is 77.3 cm³/mol. The summed E-state index contributed by atoms with van der Waals surface area (Å²) in [5, 5.41) is 10.4. The Morgan fingerprint density at radius 2 is 2.26 bits per heavy atom. The Balaban J connectivity index is 2.53. The Hall–Kier alpha value is -2.63. The number of fused-ring (bicyclic) bond motifs is 1. The van der Waals surface area contributed by atoms with E-state index in [9.17, 15) is 4.79 Å². The fourth-order valence-corrected chi connectivity index (χ4v) is 1.87. The van der Waals surface area contributed by atoms with Crippen LogP contribution in [0.25, 0.3) is 0 Å². The number of para-hydroxylation sites is 2. The summed E-state index contributed by atoms with van der Waals surface area (Å²) in [6.45, 7) is 5.24. The maximum Gasteiger partial charge on any atom is 0.252 e. The van der Waals surface area contributed by atoms with Gasteiger partial charge in [-0.2, -0.15) is 5.10 Å². The zero-order chi connectivity index (χ0) is 13.8. The van der Waals surface area contributed by atoms with Crippen molar-refractivity contribution in [1.82, 2.24) is 0 Å². The van der Waals surface area contributed by atoms with Crippen molar-refractivity contribution in [3.63, 3.8) is 0 Å². The molecule has 6 heteroatoms. The molecule has 0 bridgehead atoms. The molecule has 1 aliphatic rings. The largest absolute Gasteiger partial charge is 0.402 e. The number of nitrogens with two attached hydrogens (primary N) is 1. The van der Waals surface area contributed by atoms with Crippen LogP contribution in [0.5, 0.6) is 0 Å². The van der Waals surface area contributed by atoms with Gasteiger partial charge in [0.1, 0.15) is 0 Å². The maximum atomic E-state index is 12.1. The van der Waals surface area contributed by atoms with E-state index in [0.717, 1.165) is 11.4 Å². The zero-order valence-corrected chi connectivity index (χ0v) is 10.6. The smallest absolute Gasteiger partial charge is 0.252 e. The summed E-state index contributed by atoms with van der Waals surface area (Å²) in [6, 6.07) is 7.47. The van der Waals surface area contributed by atoms with Gasteiger partial charge in [-0.05, 0) is 19.1 Å². The Kier molecular flexibility index (Phi) is 3.61. The fourth-order valence-electron chi connectivity index (χ4n) is 1.87. The summed E-state index contributed by atoms with van der Waals surface area (Å²) in [7, 11) is 0. The third kappa shape index (κ3) is 2.62. The average Bonchev–Trinajstić information content (AvgIpc) is 2.37. The molecule has 3 N–H and O–H groups in total. The lowest BCUT2D eigenvalue weighted by Gasteiger charge is -2.29. The molecule has 2 rings (SSSR count). The van der Waals surface area contributed by atoms with Crippen LogP contribution in [0.15, 0.2) is 46.2 Å². The molecule has 0 aromatic heterocycles. The quantitative estimate of drug-likeness (QED) is 0.476. The summed E-state index contributed by atoms with van der Waals surface area (Å²) in [5.74, 6) is 0.229. The minimum atomic E-state index is -0.126. The van der Waals surface area contributed by atoms with E-state index < -0.39 is 0 Å². The predicted octanol–water partition coefficient (Wildman–Crippen LogP) is 1.32. The van der Waals surface area contributed by atoms with Gasteiger partial charge in [0.05, 0.1) is 17.9 Å². The first-order chi connectivity index (χ1) is 9.13. The van der Waals surface area contributed by atoms with E-state index >= 15 is 0 Å². The number of carbonyl (C=O) groups excluding carboxylic acids is 1. The van der Waals surface area contributed by atoms with Crippen molar-refractivity contribution in [1.29, 1.82) is 0 Å². The highest BCUT2D eigenvalue weighted by Crippen LogP contribution is 2.29. The van der Waals surface area contributed by atoms with E-state index in [1.165, 1.54) is 4.90 Å². The molecule has 19 heavy (non-hydrogen) atoms. The number of allylic oxidation sites excluding steroid dienone is 1. The van der Waals surface area contributed by atoms with Crippen LogP contribution in [-0.2, 0) is 4.79 Å². The molecule has 0 saturated heterocycles. The van der Waals surface area contributed by atoms with E-state index in [0.29, 0.717) is 11.5 Å². The Morgan fingerprint density at radius 3 is 2.95 bits per heavy atom. The molecule has 0 aliphatic carbocycles. The fraction of sp³-hybridized carbons (Fsp3) is 0.154. The van der Waals surface area contributed by atoms with Crippen molar-refractivity contribution < 1.29 is 4.79 Å². The number of amidine groups is 1. The van der Waals surface area contributed by atoms with Gasteiger partial charge in [-0.25, -0.2) is 0 Å². The highest BCUT2D eigenvalue weighted by Gasteiger charge is 2.26. The molecule has 0 radical (unpaired) electrons. The molecule has 1 aliphatic heterocycles. The topological polar surface area (TPSA) is 83.1 Å². The first-order valence-corrected chi connectivity index (χ1v) is 5.77. The van der Waals surface area contributed by atoms with Gasteiger partial charge in [0.15, 0.2) is 5.84 Å². The van der Waals surface area contributed by atoms with Crippen molar-refractivity contribution in [3.8, 4) is 0 Å². The lowest BCUT2D eigenvalue weighted by atomic mass is 10.2. The third-order valence-electron chi connectivity index (χ3n) is 2.58. The monoisotopic (exact) mass is 257 g/mol. The van der Waals surface area contributed by atoms with Crippen LogP contribution in [0.2, 0.25) is 0 Å². The van der Waals surface area contributed by atoms with Gasteiger partial charge in [-0.1, -0.05) is 12.1 Å². The first kappa shape index (κ1) is 12.8. The number of hydrogen-bond acceptors (Lipinski definition) is 5. The first-order valence-electron chi connectivity index (χ1n) is 5.77. The molecule has 0 saturated carbocycles. The number of anilines is 2. The SMILES string of the molecule is C=NN=C(C=C(C)N)N1C(=O)CNc2ccccc21. The van der Waals surface area contributed by atoms with Crippen LogP contribution < -0.4 is 16.0 Å². The molecular weight excluding hydrogens is 242 g/mol. The lowest BCUT2D eigenvalue weighted by molar-refractivity contribution is -0.116. The van der Waals surface area contributed by atoms with Gasteiger partial charge in [0, 0.05) is 18.5 Å². The number of benzene rings is 1. The van der Waals surface area contributed by atoms with Crippen LogP contribution >= 0.6 is 0 Å². The van der Waals surface area contributed by atoms with Crippen molar-refractivity contribution in [2.45, 2.75) is 6.92 Å². The lowest BCUT2D eigenvalue weighted by Crippen LogP contribution is -2.43. The van der Waals surface area contributed by atoms with Crippen molar-refractivity contribution >= 4 is 29.8 Å². The highest BCUT2D eigenvalue weighted by atomic mass is 16.2. The van der Waals surface area contributed by atoms with Crippen LogP contribution in [0.3, 0.4) is 0 Å². The Morgan fingerprint density at radius 1 is 1.53 bits per heavy atom. The zero-order valence-electron chi connectivity index (χ0n) is 10.6. The highest BCUT2D eigenvalue weighted by molar-refractivity contribution is 6.24. The van der Waals surface area contributed by atoms with E-state index in [-0.39, 0.29) is 12.5 Å². The second kappa shape index (κ2) is 5.34. The van der Waals surface area contributed by atoms with Crippen molar-refractivity contribution in [2.75, 3.05) is 16.8 Å². The molecule has 1 amide bonds. The second-order valence-electron chi connectivity index (χ2n) is 4.09. The number of carbonyl (C=O) groups is 1. The molecule has 1 heterocycles. The number of amides is 1. The van der Waals surface area contributed by atoms with Crippen molar-refractivity contribution in [3.05, 3.63) is 36.0 Å². The summed E-state index contributed by atoms with van der Waals surface area (Å²) in [4.78, 5) is 13.6. The molecule has 98 valence electrons. The van der Waals surface area contributed by atoms with E-state index in [4.69, 9.17) is 5.73 Å². The van der Waals surface area contributed by atoms with E-state index in [1.54, 1.807) is 13.0 Å². The van der Waals surface area contributed by atoms with Gasteiger partial charge >= 0.3 is 0 Å². The number of nitrogens with zero attached hydrogens (tertiary/aromatic N) is 3. The molecule has 0 fully saturated rings. The van der Waals surface area contributed by atoms with Gasteiger partial charge in [0.2, 0.25) is 0 Å². The normalized spacial score (nSPS) is 15.8. The molecular formula is C13H15N5O. The van der Waals surface area contributed by atoms with E-state index in [2.05, 4.69) is 22.2 Å². The number of hydrogen-bond donors (Lipinski definition) is 2. The summed E-state index contributed by atoms with van der Waals surface area (Å²) < 4.78 is 0. The Bertz CT molecular complexity index is 572. The second-order valence-corrected chi connectivity index (χ2v) is 4.09. The van der Waals surface area contributed by atoms with Crippen LogP contribution in [-0.4, -0.2) is 25.0 Å². The molecule has 1 aromatic carbocycles. The van der Waals surface area contributed by atoms with Crippen LogP contribution in [0.1, 0.15) is 6.92 Å².